The number of ether oxygens (including phenoxy) is 1. The van der Waals surface area contributed by atoms with E-state index in [0.29, 0.717) is 32.3 Å². The molecule has 22 heavy (non-hydrogen) atoms. The van der Waals surface area contributed by atoms with Crippen LogP contribution in [-0.4, -0.2) is 50.1 Å². The second-order valence-electron chi connectivity index (χ2n) is 4.87. The molecule has 0 atom stereocenters. The maximum atomic E-state index is 12.1. The molecule has 0 bridgehead atoms. The van der Waals surface area contributed by atoms with E-state index in [4.69, 9.17) is 4.74 Å². The monoisotopic (exact) mass is 314 g/mol. The molecule has 1 aromatic carbocycles. The van der Waals surface area contributed by atoms with Crippen LogP contribution >= 0.6 is 0 Å². The van der Waals surface area contributed by atoms with Gasteiger partial charge < -0.3 is 14.5 Å². The zero-order valence-corrected chi connectivity index (χ0v) is 12.1. The van der Waals surface area contributed by atoms with Gasteiger partial charge in [-0.2, -0.15) is 13.2 Å². The van der Waals surface area contributed by atoms with Crippen LogP contribution < -0.4 is 9.64 Å². The van der Waals surface area contributed by atoms with Gasteiger partial charge in [-0.25, -0.2) is 0 Å². The number of halogens is 3. The number of nitrogens with zero attached hydrogens (tertiary/aromatic N) is 2. The van der Waals surface area contributed by atoms with E-state index in [1.54, 1.807) is 12.0 Å². The van der Waals surface area contributed by atoms with Crippen molar-refractivity contribution in [2.24, 2.45) is 0 Å². The molecule has 0 aromatic heterocycles. The fourth-order valence-corrected chi connectivity index (χ4v) is 2.27. The summed E-state index contributed by atoms with van der Waals surface area (Å²) in [5.74, 6) is -1.07. The highest BCUT2D eigenvalue weighted by Crippen LogP contribution is 2.28. The van der Waals surface area contributed by atoms with E-state index < -0.39 is 12.0 Å². The number of benzene rings is 1. The molecule has 0 amide bonds. The van der Waals surface area contributed by atoms with Gasteiger partial charge in [0.2, 0.25) is 0 Å². The fraction of sp³-hybridized carbons (Fsp3) is 0.400. The van der Waals surface area contributed by atoms with E-state index >= 15 is 0 Å². The number of rotatable bonds is 4. The molecule has 1 saturated heterocycles. The zero-order chi connectivity index (χ0) is 16.2. The second-order valence-corrected chi connectivity index (χ2v) is 4.87. The minimum Gasteiger partial charge on any atom is -0.495 e. The Bertz CT molecular complexity index is 550. The minimum atomic E-state index is -4.81. The van der Waals surface area contributed by atoms with Crippen molar-refractivity contribution in [2.75, 3.05) is 38.2 Å². The quantitative estimate of drug-likeness (QED) is 0.799. The summed E-state index contributed by atoms with van der Waals surface area (Å²) < 4.78 is 41.7. The van der Waals surface area contributed by atoms with Gasteiger partial charge >= 0.3 is 6.18 Å². The van der Waals surface area contributed by atoms with Crippen LogP contribution in [0.2, 0.25) is 0 Å². The van der Waals surface area contributed by atoms with Crippen molar-refractivity contribution >= 4 is 11.5 Å². The number of hydrogen-bond donors (Lipinski definition) is 0. The third-order valence-corrected chi connectivity index (χ3v) is 3.46. The molecule has 0 saturated carbocycles. The van der Waals surface area contributed by atoms with Crippen molar-refractivity contribution in [1.29, 1.82) is 0 Å². The van der Waals surface area contributed by atoms with Gasteiger partial charge in [-0.1, -0.05) is 12.1 Å². The lowest BCUT2D eigenvalue weighted by Gasteiger charge is -2.36. The maximum absolute atomic E-state index is 12.1. The predicted octanol–water partition coefficient (Wildman–Crippen LogP) is 2.46. The molecular weight excluding hydrogens is 297 g/mol. The van der Waals surface area contributed by atoms with Gasteiger partial charge in [0.25, 0.3) is 5.78 Å². The van der Waals surface area contributed by atoms with Crippen LogP contribution in [0.1, 0.15) is 0 Å². The van der Waals surface area contributed by atoms with E-state index in [9.17, 15) is 18.0 Å². The molecule has 1 aromatic rings. The molecule has 7 heteroatoms. The lowest BCUT2D eigenvalue weighted by molar-refractivity contribution is -0.165. The largest absolute Gasteiger partial charge is 0.495 e. The Balaban J connectivity index is 1.93. The number of ketones is 1. The van der Waals surface area contributed by atoms with Crippen LogP contribution in [0.15, 0.2) is 36.5 Å². The number of piperazine rings is 1. The number of para-hydroxylation sites is 2. The molecular formula is C15H17F3N2O2. The topological polar surface area (TPSA) is 32.8 Å². The Morgan fingerprint density at radius 2 is 1.82 bits per heavy atom. The van der Waals surface area contributed by atoms with Crippen molar-refractivity contribution in [3.05, 3.63) is 36.5 Å². The molecule has 0 N–H and O–H groups in total. The molecule has 0 aliphatic carbocycles. The Kier molecular flexibility index (Phi) is 4.95. The van der Waals surface area contributed by atoms with E-state index in [-0.39, 0.29) is 0 Å². The first-order valence-corrected chi connectivity index (χ1v) is 6.83. The van der Waals surface area contributed by atoms with Crippen LogP contribution in [0.25, 0.3) is 0 Å². The highest BCUT2D eigenvalue weighted by atomic mass is 19.4. The average Bonchev–Trinajstić information content (AvgIpc) is 2.52. The molecule has 0 spiro atoms. The number of alkyl halides is 3. The number of methoxy groups -OCH3 is 1. The summed E-state index contributed by atoms with van der Waals surface area (Å²) in [5, 5.41) is 0. The number of hydrogen-bond acceptors (Lipinski definition) is 4. The van der Waals surface area contributed by atoms with E-state index in [1.165, 1.54) is 6.20 Å². The minimum absolute atomic E-state index is 0.541. The first kappa shape index (κ1) is 16.2. The Morgan fingerprint density at radius 3 is 2.41 bits per heavy atom. The normalized spacial score (nSPS) is 16.2. The highest BCUT2D eigenvalue weighted by Gasteiger charge is 2.36. The van der Waals surface area contributed by atoms with Crippen molar-refractivity contribution in [1.82, 2.24) is 4.90 Å². The van der Waals surface area contributed by atoms with Crippen molar-refractivity contribution in [3.8, 4) is 5.75 Å². The third kappa shape index (κ3) is 3.93. The van der Waals surface area contributed by atoms with E-state index in [2.05, 4.69) is 4.90 Å². The lowest BCUT2D eigenvalue weighted by Crippen LogP contribution is -2.44. The maximum Gasteiger partial charge on any atom is 0.454 e. The van der Waals surface area contributed by atoms with E-state index in [0.717, 1.165) is 11.4 Å². The molecule has 1 aliphatic rings. The Labute approximate surface area is 126 Å². The van der Waals surface area contributed by atoms with Crippen LogP contribution in [0, 0.1) is 0 Å². The Hall–Kier alpha value is -2.18. The van der Waals surface area contributed by atoms with Gasteiger partial charge in [-0.15, -0.1) is 0 Å². The molecule has 1 fully saturated rings. The molecule has 4 nitrogen and oxygen atoms in total. The average molecular weight is 314 g/mol. The van der Waals surface area contributed by atoms with Crippen molar-refractivity contribution in [3.63, 3.8) is 0 Å². The Morgan fingerprint density at radius 1 is 1.18 bits per heavy atom. The summed E-state index contributed by atoms with van der Waals surface area (Å²) in [6.45, 7) is 2.37. The predicted molar refractivity (Wildman–Crippen MR) is 77.0 cm³/mol. The highest BCUT2D eigenvalue weighted by molar-refractivity contribution is 5.94. The summed E-state index contributed by atoms with van der Waals surface area (Å²) in [5.41, 5.74) is 0.958. The van der Waals surface area contributed by atoms with E-state index in [1.807, 2.05) is 24.3 Å². The zero-order valence-electron chi connectivity index (χ0n) is 12.1. The van der Waals surface area contributed by atoms with Crippen LogP contribution in [0.4, 0.5) is 18.9 Å². The molecule has 0 radical (unpaired) electrons. The molecule has 120 valence electrons. The molecule has 0 unspecified atom stereocenters. The fourth-order valence-electron chi connectivity index (χ4n) is 2.27. The summed E-state index contributed by atoms with van der Waals surface area (Å²) in [4.78, 5) is 14.6. The molecule has 2 rings (SSSR count). The molecule has 1 heterocycles. The van der Waals surface area contributed by atoms with Gasteiger partial charge in [0.05, 0.1) is 12.8 Å². The van der Waals surface area contributed by atoms with Crippen LogP contribution in [-0.2, 0) is 4.79 Å². The number of carbonyl (C=O) groups excluding carboxylic acids is 1. The standard InChI is InChI=1S/C15H17F3N2O2/c1-22-13-5-3-2-4-12(13)20-10-8-19(9-11-20)7-6-14(21)15(16,17)18/h2-7H,8-11H2,1H3/b7-6+. The van der Waals surface area contributed by atoms with Crippen molar-refractivity contribution < 1.29 is 22.7 Å². The lowest BCUT2D eigenvalue weighted by atomic mass is 10.2. The smallest absolute Gasteiger partial charge is 0.454 e. The summed E-state index contributed by atoms with van der Waals surface area (Å²) >= 11 is 0. The first-order chi connectivity index (χ1) is 10.4. The van der Waals surface area contributed by atoms with Gasteiger partial charge in [-0.05, 0) is 12.1 Å². The van der Waals surface area contributed by atoms with Crippen LogP contribution in [0.3, 0.4) is 0 Å². The van der Waals surface area contributed by atoms with Gasteiger partial charge in [0.15, 0.2) is 0 Å². The number of carbonyl (C=O) groups is 1. The van der Waals surface area contributed by atoms with Crippen LogP contribution in [0.5, 0.6) is 5.75 Å². The third-order valence-electron chi connectivity index (χ3n) is 3.46. The summed E-state index contributed by atoms with van der Waals surface area (Å²) in [7, 11) is 1.60. The summed E-state index contributed by atoms with van der Waals surface area (Å²) in [6, 6.07) is 7.59. The van der Waals surface area contributed by atoms with Gasteiger partial charge in [0, 0.05) is 38.5 Å². The number of anilines is 1. The SMILES string of the molecule is COc1ccccc1N1CCN(/C=C/C(=O)C(F)(F)F)CC1. The summed E-state index contributed by atoms with van der Waals surface area (Å²) in [6.07, 6.45) is -3.01. The molecule has 1 aliphatic heterocycles. The van der Waals surface area contributed by atoms with Gasteiger partial charge in [-0.3, -0.25) is 4.79 Å². The second kappa shape index (κ2) is 6.72. The van der Waals surface area contributed by atoms with Crippen molar-refractivity contribution in [2.45, 2.75) is 6.18 Å². The van der Waals surface area contributed by atoms with Gasteiger partial charge in [0.1, 0.15) is 5.75 Å². The first-order valence-electron chi connectivity index (χ1n) is 6.83. The number of allylic oxidation sites excluding steroid dienone is 1.